The molecule has 0 aliphatic rings. The molecule has 0 heterocycles. The van der Waals surface area contributed by atoms with E-state index in [1.807, 2.05) is 49.4 Å². The van der Waals surface area contributed by atoms with E-state index in [9.17, 15) is 9.59 Å². The predicted octanol–water partition coefficient (Wildman–Crippen LogP) is 5.78. The fourth-order valence-electron chi connectivity index (χ4n) is 3.48. The molecule has 4 rings (SSSR count). The van der Waals surface area contributed by atoms with Gasteiger partial charge in [-0.3, -0.25) is 4.79 Å². The first-order chi connectivity index (χ1) is 17.5. The van der Waals surface area contributed by atoms with Crippen LogP contribution in [0.5, 0.6) is 11.5 Å². The summed E-state index contributed by atoms with van der Waals surface area (Å²) in [6, 6.07) is 25.8. The van der Waals surface area contributed by atoms with Gasteiger partial charge in [0.25, 0.3) is 5.91 Å². The van der Waals surface area contributed by atoms with Crippen molar-refractivity contribution >= 4 is 50.5 Å². The Balaban J connectivity index is 1.36. The molecule has 0 saturated carbocycles. The van der Waals surface area contributed by atoms with Crippen molar-refractivity contribution in [3.63, 3.8) is 0 Å². The predicted molar refractivity (Wildman–Crippen MR) is 145 cm³/mol. The summed E-state index contributed by atoms with van der Waals surface area (Å²) >= 11 is 3.34. The number of rotatable bonds is 9. The van der Waals surface area contributed by atoms with E-state index in [2.05, 4.69) is 31.8 Å². The lowest BCUT2D eigenvalue weighted by atomic mass is 10.1. The second-order valence-electron chi connectivity index (χ2n) is 7.71. The Morgan fingerprint density at radius 3 is 2.53 bits per heavy atom. The van der Waals surface area contributed by atoms with Gasteiger partial charge in [-0.25, -0.2) is 10.2 Å². The van der Waals surface area contributed by atoms with Crippen LogP contribution in [0.3, 0.4) is 0 Å². The summed E-state index contributed by atoms with van der Waals surface area (Å²) < 4.78 is 12.0. The third kappa shape index (κ3) is 6.49. The Hall–Kier alpha value is -4.17. The van der Waals surface area contributed by atoms with Gasteiger partial charge in [-0.15, -0.1) is 0 Å². The Kier molecular flexibility index (Phi) is 8.31. The van der Waals surface area contributed by atoms with Crippen LogP contribution < -0.4 is 20.2 Å². The van der Waals surface area contributed by atoms with Crippen LogP contribution in [-0.4, -0.2) is 31.2 Å². The number of benzene rings is 4. The number of hydrogen-bond donors (Lipinski definition) is 2. The first-order valence-electron chi connectivity index (χ1n) is 11.3. The van der Waals surface area contributed by atoms with Gasteiger partial charge in [0.2, 0.25) is 0 Å². The van der Waals surface area contributed by atoms with Gasteiger partial charge in [-0.1, -0.05) is 52.3 Å². The highest BCUT2D eigenvalue weighted by Gasteiger charge is 2.13. The summed E-state index contributed by atoms with van der Waals surface area (Å²) in [4.78, 5) is 24.7. The summed E-state index contributed by atoms with van der Waals surface area (Å²) in [5, 5.41) is 9.32. The molecule has 0 radical (unpaired) electrons. The van der Waals surface area contributed by atoms with E-state index in [0.29, 0.717) is 29.2 Å². The van der Waals surface area contributed by atoms with Crippen molar-refractivity contribution < 1.29 is 19.1 Å². The molecule has 0 unspecified atom stereocenters. The molecule has 0 aromatic heterocycles. The molecule has 0 aliphatic carbocycles. The van der Waals surface area contributed by atoms with Gasteiger partial charge in [0, 0.05) is 15.5 Å². The number of esters is 1. The quantitative estimate of drug-likeness (QED) is 0.120. The van der Waals surface area contributed by atoms with Crippen molar-refractivity contribution in [3.05, 3.63) is 101 Å². The molecular weight excluding hydrogens is 522 g/mol. The number of nitrogens with one attached hydrogen (secondary N) is 2. The molecule has 182 valence electrons. The molecule has 0 spiro atoms. The minimum Gasteiger partial charge on any atom is -0.490 e. The summed E-state index contributed by atoms with van der Waals surface area (Å²) in [6.07, 6.45) is 1.50. The number of anilines is 1. The molecule has 0 aliphatic heterocycles. The second-order valence-corrected chi connectivity index (χ2v) is 8.62. The highest BCUT2D eigenvalue weighted by Crippen LogP contribution is 2.29. The number of fused-ring (bicyclic) bond motifs is 1. The summed E-state index contributed by atoms with van der Waals surface area (Å²) in [5.74, 6) is -0.0822. The highest BCUT2D eigenvalue weighted by atomic mass is 79.9. The number of amides is 1. The van der Waals surface area contributed by atoms with E-state index in [1.165, 1.54) is 6.21 Å². The maximum atomic E-state index is 12.5. The number of halogens is 1. The van der Waals surface area contributed by atoms with Crippen LogP contribution in [0.1, 0.15) is 22.8 Å². The van der Waals surface area contributed by atoms with Crippen LogP contribution in [0.25, 0.3) is 10.8 Å². The number of hydrazone groups is 1. The van der Waals surface area contributed by atoms with E-state index in [0.717, 1.165) is 20.9 Å². The van der Waals surface area contributed by atoms with E-state index in [-0.39, 0.29) is 12.5 Å². The third-order valence-corrected chi connectivity index (χ3v) is 5.71. The maximum absolute atomic E-state index is 12.5. The maximum Gasteiger partial charge on any atom is 0.343 e. The Morgan fingerprint density at radius 2 is 1.72 bits per heavy atom. The lowest BCUT2D eigenvalue weighted by molar-refractivity contribution is -0.119. The zero-order chi connectivity index (χ0) is 25.3. The van der Waals surface area contributed by atoms with Crippen LogP contribution in [-0.2, 0) is 4.79 Å². The summed E-state index contributed by atoms with van der Waals surface area (Å²) in [7, 11) is 0. The van der Waals surface area contributed by atoms with E-state index >= 15 is 0 Å². The van der Waals surface area contributed by atoms with Crippen LogP contribution in [0.15, 0.2) is 94.5 Å². The molecule has 4 aromatic carbocycles. The Bertz CT molecular complexity index is 1400. The normalized spacial score (nSPS) is 10.8. The van der Waals surface area contributed by atoms with Gasteiger partial charge in [0.1, 0.15) is 0 Å². The lowest BCUT2D eigenvalue weighted by Crippen LogP contribution is -2.25. The van der Waals surface area contributed by atoms with Crippen molar-refractivity contribution in [2.45, 2.75) is 6.92 Å². The van der Waals surface area contributed by atoms with E-state index in [1.54, 1.807) is 42.5 Å². The number of nitrogens with zero attached hydrogens (tertiary/aromatic N) is 1. The average molecular weight is 546 g/mol. The molecule has 0 bridgehead atoms. The molecule has 36 heavy (non-hydrogen) atoms. The Labute approximate surface area is 217 Å². The number of carbonyl (C=O) groups excluding carboxylic acids is 2. The van der Waals surface area contributed by atoms with Crippen LogP contribution in [0.4, 0.5) is 5.69 Å². The third-order valence-electron chi connectivity index (χ3n) is 5.18. The van der Waals surface area contributed by atoms with Crippen molar-refractivity contribution in [1.82, 2.24) is 5.43 Å². The SMILES string of the molecule is CCOc1cc(/C=N\NC(=O)CNc2cccc3ccccc23)ccc1OC(=O)c1ccc(Br)cc1. The molecule has 2 N–H and O–H groups in total. The fraction of sp³-hybridized carbons (Fsp3) is 0.107. The molecule has 4 aromatic rings. The second kappa shape index (κ2) is 12.0. The molecular formula is C28H24BrN3O4. The molecule has 0 fully saturated rings. The molecule has 0 saturated heterocycles. The van der Waals surface area contributed by atoms with Crippen molar-refractivity contribution in [3.8, 4) is 11.5 Å². The Morgan fingerprint density at radius 1 is 0.944 bits per heavy atom. The molecule has 7 nitrogen and oxygen atoms in total. The van der Waals surface area contributed by atoms with Gasteiger partial charge >= 0.3 is 5.97 Å². The minimum atomic E-state index is -0.490. The number of hydrogen-bond acceptors (Lipinski definition) is 6. The summed E-state index contributed by atoms with van der Waals surface area (Å²) in [5.41, 5.74) is 4.48. The zero-order valence-electron chi connectivity index (χ0n) is 19.5. The smallest absolute Gasteiger partial charge is 0.343 e. The number of carbonyl (C=O) groups is 2. The van der Waals surface area contributed by atoms with Gasteiger partial charge < -0.3 is 14.8 Å². The van der Waals surface area contributed by atoms with Crippen LogP contribution in [0, 0.1) is 0 Å². The van der Waals surface area contributed by atoms with Crippen molar-refractivity contribution in [2.75, 3.05) is 18.5 Å². The largest absolute Gasteiger partial charge is 0.490 e. The van der Waals surface area contributed by atoms with Gasteiger partial charge in [0.05, 0.1) is 24.9 Å². The number of ether oxygens (including phenoxy) is 2. The van der Waals surface area contributed by atoms with Gasteiger partial charge in [-0.2, -0.15) is 5.10 Å². The van der Waals surface area contributed by atoms with Crippen LogP contribution >= 0.6 is 15.9 Å². The fourth-order valence-corrected chi connectivity index (χ4v) is 3.74. The van der Waals surface area contributed by atoms with Gasteiger partial charge in [-0.05, 0) is 66.4 Å². The van der Waals surface area contributed by atoms with Crippen molar-refractivity contribution in [2.24, 2.45) is 5.10 Å². The molecule has 1 amide bonds. The lowest BCUT2D eigenvalue weighted by Gasteiger charge is -2.11. The molecule has 8 heteroatoms. The minimum absolute atomic E-state index is 0.0699. The molecule has 0 atom stereocenters. The van der Waals surface area contributed by atoms with E-state index < -0.39 is 5.97 Å². The van der Waals surface area contributed by atoms with Crippen LogP contribution in [0.2, 0.25) is 0 Å². The standard InChI is InChI=1S/C28H24BrN3O4/c1-2-35-26-16-19(10-15-25(26)36-28(34)21-11-13-22(29)14-12-21)17-31-32-27(33)18-30-24-9-5-7-20-6-3-4-8-23(20)24/h3-17,30H,2,18H2,1H3,(H,32,33)/b31-17-. The zero-order valence-corrected chi connectivity index (χ0v) is 21.1. The first-order valence-corrected chi connectivity index (χ1v) is 12.1. The average Bonchev–Trinajstić information content (AvgIpc) is 2.89. The summed E-state index contributed by atoms with van der Waals surface area (Å²) in [6.45, 7) is 2.30. The van der Waals surface area contributed by atoms with E-state index in [4.69, 9.17) is 9.47 Å². The topological polar surface area (TPSA) is 89.0 Å². The monoisotopic (exact) mass is 545 g/mol. The highest BCUT2D eigenvalue weighted by molar-refractivity contribution is 9.10. The first kappa shape index (κ1) is 24.9. The van der Waals surface area contributed by atoms with Crippen molar-refractivity contribution in [1.29, 1.82) is 0 Å². The van der Waals surface area contributed by atoms with Gasteiger partial charge in [0.15, 0.2) is 11.5 Å².